The fourth-order valence-electron chi connectivity index (χ4n) is 4.27. The van der Waals surface area contributed by atoms with Crippen molar-refractivity contribution in [1.29, 1.82) is 0 Å². The summed E-state index contributed by atoms with van der Waals surface area (Å²) in [6, 6.07) is 17.4. The molecule has 2 nitrogen and oxygen atoms in total. The Labute approximate surface area is 203 Å². The molecule has 2 aromatic rings. The van der Waals surface area contributed by atoms with Crippen molar-refractivity contribution in [2.45, 2.75) is 103 Å². The first kappa shape index (κ1) is 27.3. The summed E-state index contributed by atoms with van der Waals surface area (Å²) in [6.45, 7) is 3.90. The van der Waals surface area contributed by atoms with Gasteiger partial charge in [-0.15, -0.1) is 0 Å². The lowest BCUT2D eigenvalue weighted by molar-refractivity contribution is 0.103. The molecule has 0 aromatic heterocycles. The molecule has 0 fully saturated rings. The van der Waals surface area contributed by atoms with Crippen molar-refractivity contribution >= 4 is 5.78 Å². The summed E-state index contributed by atoms with van der Waals surface area (Å²) in [4.78, 5) is 12.5. The molecule has 0 atom stereocenters. The van der Waals surface area contributed by atoms with Crippen LogP contribution in [0.15, 0.2) is 54.6 Å². The summed E-state index contributed by atoms with van der Waals surface area (Å²) >= 11 is 0. The van der Waals surface area contributed by atoms with Crippen molar-refractivity contribution in [3.63, 3.8) is 0 Å². The van der Waals surface area contributed by atoms with E-state index in [1.165, 1.54) is 95.5 Å². The van der Waals surface area contributed by atoms with E-state index in [1.807, 2.05) is 54.6 Å². The van der Waals surface area contributed by atoms with E-state index in [0.717, 1.165) is 30.8 Å². The number of hydrogen-bond acceptors (Lipinski definition) is 2. The minimum absolute atomic E-state index is 0.0798. The number of carbonyl (C=O) groups is 1. The van der Waals surface area contributed by atoms with E-state index in [2.05, 4.69) is 6.92 Å². The standard InChI is InChI=1S/C31H46O2/c1-2-3-4-5-6-7-8-9-10-11-12-13-14-18-26-33-27-25-28-21-23-30(24-22-28)31(32)29-19-16-15-17-20-29/h15-17,19-24H,2-14,18,25-27H2,1H3. The van der Waals surface area contributed by atoms with Gasteiger partial charge in [0.1, 0.15) is 0 Å². The van der Waals surface area contributed by atoms with Gasteiger partial charge in [-0.1, -0.05) is 145 Å². The summed E-state index contributed by atoms with van der Waals surface area (Å²) in [7, 11) is 0. The van der Waals surface area contributed by atoms with Gasteiger partial charge in [0.15, 0.2) is 5.78 Å². The summed E-state index contributed by atoms with van der Waals surface area (Å²) in [5, 5.41) is 0. The first-order valence-electron chi connectivity index (χ1n) is 13.6. The summed E-state index contributed by atoms with van der Waals surface area (Å²) in [6.07, 6.45) is 20.3. The van der Waals surface area contributed by atoms with Gasteiger partial charge >= 0.3 is 0 Å². The van der Waals surface area contributed by atoms with Crippen LogP contribution in [0.1, 0.15) is 118 Å². The van der Waals surface area contributed by atoms with Crippen LogP contribution in [0.2, 0.25) is 0 Å². The summed E-state index contributed by atoms with van der Waals surface area (Å²) in [5.41, 5.74) is 2.70. The van der Waals surface area contributed by atoms with Crippen LogP contribution in [0.5, 0.6) is 0 Å². The number of benzene rings is 2. The van der Waals surface area contributed by atoms with Gasteiger partial charge in [0.2, 0.25) is 0 Å². The van der Waals surface area contributed by atoms with Crippen LogP contribution in [0.4, 0.5) is 0 Å². The van der Waals surface area contributed by atoms with Crippen molar-refractivity contribution in [3.05, 3.63) is 71.3 Å². The number of hydrogen-bond donors (Lipinski definition) is 0. The Kier molecular flexibility index (Phi) is 15.3. The molecule has 0 saturated heterocycles. The zero-order valence-corrected chi connectivity index (χ0v) is 21.0. The van der Waals surface area contributed by atoms with Crippen molar-refractivity contribution in [3.8, 4) is 0 Å². The quantitative estimate of drug-likeness (QED) is 0.149. The smallest absolute Gasteiger partial charge is 0.193 e. The fourth-order valence-corrected chi connectivity index (χ4v) is 4.27. The molecule has 0 heterocycles. The lowest BCUT2D eigenvalue weighted by Crippen LogP contribution is -2.03. The molecule has 2 heteroatoms. The third-order valence-corrected chi connectivity index (χ3v) is 6.43. The highest BCUT2D eigenvalue weighted by atomic mass is 16.5. The van der Waals surface area contributed by atoms with Gasteiger partial charge in [0, 0.05) is 17.7 Å². The van der Waals surface area contributed by atoms with Gasteiger partial charge in [0.25, 0.3) is 0 Å². The van der Waals surface area contributed by atoms with Crippen LogP contribution < -0.4 is 0 Å². The van der Waals surface area contributed by atoms with Crippen molar-refractivity contribution in [2.75, 3.05) is 13.2 Å². The zero-order chi connectivity index (χ0) is 23.4. The van der Waals surface area contributed by atoms with E-state index in [-0.39, 0.29) is 5.78 Å². The summed E-state index contributed by atoms with van der Waals surface area (Å²) < 4.78 is 5.82. The number of carbonyl (C=O) groups excluding carboxylic acids is 1. The van der Waals surface area contributed by atoms with E-state index in [9.17, 15) is 4.79 Å². The minimum atomic E-state index is 0.0798. The van der Waals surface area contributed by atoms with Crippen LogP contribution in [-0.4, -0.2) is 19.0 Å². The second-order valence-electron chi connectivity index (χ2n) is 9.35. The number of ether oxygens (including phenoxy) is 1. The maximum atomic E-state index is 12.5. The predicted molar refractivity (Wildman–Crippen MR) is 141 cm³/mol. The van der Waals surface area contributed by atoms with Gasteiger partial charge < -0.3 is 4.74 Å². The molecule has 0 spiro atoms. The molecular weight excluding hydrogens is 404 g/mol. The fraction of sp³-hybridized carbons (Fsp3) is 0.581. The SMILES string of the molecule is CCCCCCCCCCCCCCCCOCCc1ccc(C(=O)c2ccccc2)cc1. The van der Waals surface area contributed by atoms with Gasteiger partial charge in [-0.25, -0.2) is 0 Å². The first-order chi connectivity index (χ1) is 16.3. The van der Waals surface area contributed by atoms with Crippen molar-refractivity contribution < 1.29 is 9.53 Å². The van der Waals surface area contributed by atoms with E-state index in [4.69, 9.17) is 4.74 Å². The molecule has 0 aliphatic carbocycles. The second kappa shape index (κ2) is 18.5. The molecule has 0 aliphatic rings. The van der Waals surface area contributed by atoms with Crippen molar-refractivity contribution in [1.82, 2.24) is 0 Å². The first-order valence-corrected chi connectivity index (χ1v) is 13.6. The topological polar surface area (TPSA) is 26.3 Å². The van der Waals surface area contributed by atoms with Gasteiger partial charge in [-0.05, 0) is 18.4 Å². The average molecular weight is 451 g/mol. The molecule has 0 saturated carbocycles. The lowest BCUT2D eigenvalue weighted by Gasteiger charge is -2.06. The van der Waals surface area contributed by atoms with Crippen LogP contribution >= 0.6 is 0 Å². The highest BCUT2D eigenvalue weighted by Gasteiger charge is 2.08. The molecule has 0 amide bonds. The molecule has 0 radical (unpaired) electrons. The summed E-state index contributed by atoms with van der Waals surface area (Å²) in [5.74, 6) is 0.0798. The van der Waals surface area contributed by atoms with E-state index in [0.29, 0.717) is 0 Å². The van der Waals surface area contributed by atoms with Gasteiger partial charge in [0.05, 0.1) is 6.61 Å². The Balaban J connectivity index is 1.39. The molecule has 33 heavy (non-hydrogen) atoms. The molecule has 0 bridgehead atoms. The molecule has 2 rings (SSSR count). The minimum Gasteiger partial charge on any atom is -0.381 e. The number of ketones is 1. The normalized spacial score (nSPS) is 11.1. The number of rotatable bonds is 20. The molecule has 2 aromatic carbocycles. The largest absolute Gasteiger partial charge is 0.381 e. The maximum absolute atomic E-state index is 12.5. The highest BCUT2D eigenvalue weighted by molar-refractivity contribution is 6.08. The van der Waals surface area contributed by atoms with Crippen LogP contribution in [-0.2, 0) is 11.2 Å². The molecule has 0 aliphatic heterocycles. The second-order valence-corrected chi connectivity index (χ2v) is 9.35. The van der Waals surface area contributed by atoms with E-state index < -0.39 is 0 Å². The monoisotopic (exact) mass is 450 g/mol. The molecular formula is C31H46O2. The third kappa shape index (κ3) is 12.8. The zero-order valence-electron chi connectivity index (χ0n) is 21.0. The Hall–Kier alpha value is -1.93. The third-order valence-electron chi connectivity index (χ3n) is 6.43. The van der Waals surface area contributed by atoms with Gasteiger partial charge in [-0.3, -0.25) is 4.79 Å². The van der Waals surface area contributed by atoms with Crippen LogP contribution in [0, 0.1) is 0 Å². The van der Waals surface area contributed by atoms with Crippen LogP contribution in [0.3, 0.4) is 0 Å². The maximum Gasteiger partial charge on any atom is 0.193 e. The molecule has 182 valence electrons. The Bertz CT molecular complexity index is 720. The van der Waals surface area contributed by atoms with E-state index >= 15 is 0 Å². The average Bonchev–Trinajstić information content (AvgIpc) is 2.86. The highest BCUT2D eigenvalue weighted by Crippen LogP contribution is 2.14. The molecule has 0 unspecified atom stereocenters. The Morgan fingerprint density at radius 1 is 0.576 bits per heavy atom. The predicted octanol–water partition coefficient (Wildman–Crippen LogP) is 8.96. The Morgan fingerprint density at radius 2 is 1.06 bits per heavy atom. The number of unbranched alkanes of at least 4 members (excludes halogenated alkanes) is 13. The Morgan fingerprint density at radius 3 is 1.61 bits per heavy atom. The van der Waals surface area contributed by atoms with Gasteiger partial charge in [-0.2, -0.15) is 0 Å². The lowest BCUT2D eigenvalue weighted by atomic mass is 10.0. The van der Waals surface area contributed by atoms with Crippen molar-refractivity contribution in [2.24, 2.45) is 0 Å². The van der Waals surface area contributed by atoms with E-state index in [1.54, 1.807) is 0 Å². The molecule has 0 N–H and O–H groups in total. The van der Waals surface area contributed by atoms with Crippen LogP contribution in [0.25, 0.3) is 0 Å².